The van der Waals surface area contributed by atoms with Crippen LogP contribution in [0.2, 0.25) is 0 Å². The molecule has 11 heavy (non-hydrogen) atoms. The van der Waals surface area contributed by atoms with Crippen LogP contribution in [0, 0.1) is 5.82 Å². The maximum absolute atomic E-state index is 12.5. The Hall–Kier alpha value is -1.02. The Morgan fingerprint density at radius 2 is 2.00 bits per heavy atom. The number of aromatic amines is 1. The summed E-state index contributed by atoms with van der Waals surface area (Å²) in [5, 5.41) is 0.917. The molecular formula is C8H7ClFN. The Morgan fingerprint density at radius 1 is 1.18 bits per heavy atom. The highest BCUT2D eigenvalue weighted by Gasteiger charge is 1.93. The Bertz CT molecular complexity index is 356. The topological polar surface area (TPSA) is 15.8 Å². The van der Waals surface area contributed by atoms with Gasteiger partial charge in [0.05, 0.1) is 0 Å². The molecule has 0 unspecified atom stereocenters. The van der Waals surface area contributed by atoms with Crippen molar-refractivity contribution in [2.75, 3.05) is 0 Å². The Kier molecular flexibility index (Phi) is 2.15. The number of rotatable bonds is 0. The van der Waals surface area contributed by atoms with Gasteiger partial charge in [0.2, 0.25) is 0 Å². The normalized spacial score (nSPS) is 9.55. The first kappa shape index (κ1) is 8.08. The highest BCUT2D eigenvalue weighted by molar-refractivity contribution is 5.85. The van der Waals surface area contributed by atoms with Gasteiger partial charge in [-0.3, -0.25) is 0 Å². The van der Waals surface area contributed by atoms with E-state index in [9.17, 15) is 4.39 Å². The van der Waals surface area contributed by atoms with E-state index in [1.807, 2.05) is 6.07 Å². The highest BCUT2D eigenvalue weighted by atomic mass is 35.5. The van der Waals surface area contributed by atoms with Crippen molar-refractivity contribution in [3.63, 3.8) is 0 Å². The largest absolute Gasteiger partial charge is 0.361 e. The highest BCUT2D eigenvalue weighted by Crippen LogP contribution is 2.12. The average Bonchev–Trinajstić information content (AvgIpc) is 2.33. The van der Waals surface area contributed by atoms with E-state index in [4.69, 9.17) is 0 Å². The van der Waals surface area contributed by atoms with Gasteiger partial charge in [0.25, 0.3) is 0 Å². The summed E-state index contributed by atoms with van der Waals surface area (Å²) in [6.07, 6.45) is 1.80. The molecule has 3 heteroatoms. The number of halogens is 2. The molecule has 0 aliphatic carbocycles. The average molecular weight is 172 g/mol. The van der Waals surface area contributed by atoms with Gasteiger partial charge in [-0.2, -0.15) is 0 Å². The third kappa shape index (κ3) is 1.35. The molecule has 0 aliphatic heterocycles. The Balaban J connectivity index is 0.000000605. The smallest absolute Gasteiger partial charge is 0.123 e. The summed E-state index contributed by atoms with van der Waals surface area (Å²) < 4.78 is 12.5. The molecular weight excluding hydrogens is 165 g/mol. The molecule has 1 N–H and O–H groups in total. The van der Waals surface area contributed by atoms with Crippen molar-refractivity contribution < 1.29 is 4.39 Å². The van der Waals surface area contributed by atoms with Crippen LogP contribution >= 0.6 is 12.4 Å². The molecule has 0 saturated carbocycles. The van der Waals surface area contributed by atoms with E-state index >= 15 is 0 Å². The molecule has 0 atom stereocenters. The summed E-state index contributed by atoms with van der Waals surface area (Å²) in [6.45, 7) is 0. The third-order valence-corrected chi connectivity index (χ3v) is 1.52. The molecule has 0 saturated heterocycles. The second-order valence-corrected chi connectivity index (χ2v) is 2.21. The monoisotopic (exact) mass is 171 g/mol. The number of H-pyrrole nitrogens is 1. The van der Waals surface area contributed by atoms with Gasteiger partial charge in [0.15, 0.2) is 0 Å². The summed E-state index contributed by atoms with van der Waals surface area (Å²) in [4.78, 5) is 2.98. The van der Waals surface area contributed by atoms with E-state index in [1.165, 1.54) is 12.1 Å². The van der Waals surface area contributed by atoms with Crippen LogP contribution in [0.5, 0.6) is 0 Å². The molecule has 1 aromatic heterocycles. The zero-order valence-electron chi connectivity index (χ0n) is 5.67. The standard InChI is InChI=1S/C8H6FN.ClH/c9-7-1-2-8-6(5-7)3-4-10-8;/h1-5,10H;1H. The minimum absolute atomic E-state index is 0. The Labute approximate surface area is 69.6 Å². The van der Waals surface area contributed by atoms with Crippen LogP contribution in [-0.4, -0.2) is 4.98 Å². The van der Waals surface area contributed by atoms with Gasteiger partial charge in [-0.1, -0.05) is 0 Å². The minimum atomic E-state index is -0.188. The lowest BCUT2D eigenvalue weighted by Gasteiger charge is -1.87. The molecule has 0 spiro atoms. The maximum Gasteiger partial charge on any atom is 0.123 e. The van der Waals surface area contributed by atoms with Gasteiger partial charge >= 0.3 is 0 Å². The first-order chi connectivity index (χ1) is 4.86. The van der Waals surface area contributed by atoms with Crippen LogP contribution in [0.3, 0.4) is 0 Å². The van der Waals surface area contributed by atoms with E-state index in [0.29, 0.717) is 0 Å². The first-order valence-electron chi connectivity index (χ1n) is 3.09. The number of fused-ring (bicyclic) bond motifs is 1. The number of benzene rings is 1. The van der Waals surface area contributed by atoms with Crippen LogP contribution < -0.4 is 0 Å². The van der Waals surface area contributed by atoms with Crippen molar-refractivity contribution in [1.29, 1.82) is 0 Å². The van der Waals surface area contributed by atoms with Crippen molar-refractivity contribution in [2.24, 2.45) is 0 Å². The van der Waals surface area contributed by atoms with Crippen molar-refractivity contribution in [3.8, 4) is 0 Å². The van der Waals surface area contributed by atoms with Crippen LogP contribution in [0.15, 0.2) is 30.5 Å². The van der Waals surface area contributed by atoms with Gasteiger partial charge in [-0.05, 0) is 24.3 Å². The van der Waals surface area contributed by atoms with Crippen molar-refractivity contribution in [1.82, 2.24) is 4.98 Å². The summed E-state index contributed by atoms with van der Waals surface area (Å²) >= 11 is 0. The molecule has 1 aromatic carbocycles. The molecule has 2 rings (SSSR count). The van der Waals surface area contributed by atoms with Gasteiger partial charge in [-0.15, -0.1) is 12.4 Å². The predicted octanol–water partition coefficient (Wildman–Crippen LogP) is 2.73. The molecule has 2 aromatic rings. The Morgan fingerprint density at radius 3 is 2.82 bits per heavy atom. The fourth-order valence-electron chi connectivity index (χ4n) is 1.02. The fourth-order valence-corrected chi connectivity index (χ4v) is 1.02. The predicted molar refractivity (Wildman–Crippen MR) is 45.5 cm³/mol. The van der Waals surface area contributed by atoms with E-state index < -0.39 is 0 Å². The van der Waals surface area contributed by atoms with Crippen molar-refractivity contribution >= 4 is 23.3 Å². The lowest BCUT2D eigenvalue weighted by atomic mass is 10.2. The van der Waals surface area contributed by atoms with Gasteiger partial charge in [0.1, 0.15) is 5.82 Å². The lowest BCUT2D eigenvalue weighted by Crippen LogP contribution is -1.70. The number of aromatic nitrogens is 1. The molecule has 0 radical (unpaired) electrons. The maximum atomic E-state index is 12.5. The zero-order valence-corrected chi connectivity index (χ0v) is 6.49. The number of hydrogen-bond donors (Lipinski definition) is 1. The number of nitrogens with one attached hydrogen (secondary N) is 1. The summed E-state index contributed by atoms with van der Waals surface area (Å²) in [6, 6.07) is 6.52. The first-order valence-corrected chi connectivity index (χ1v) is 3.09. The third-order valence-electron chi connectivity index (χ3n) is 1.52. The van der Waals surface area contributed by atoms with E-state index in [-0.39, 0.29) is 18.2 Å². The summed E-state index contributed by atoms with van der Waals surface area (Å²) in [7, 11) is 0. The lowest BCUT2D eigenvalue weighted by molar-refractivity contribution is 0.630. The van der Waals surface area contributed by atoms with Crippen molar-refractivity contribution in [2.45, 2.75) is 0 Å². The second-order valence-electron chi connectivity index (χ2n) is 2.21. The molecule has 0 bridgehead atoms. The molecule has 58 valence electrons. The molecule has 0 fully saturated rings. The van der Waals surface area contributed by atoms with Crippen LogP contribution in [-0.2, 0) is 0 Å². The minimum Gasteiger partial charge on any atom is -0.361 e. The van der Waals surface area contributed by atoms with Gasteiger partial charge in [0, 0.05) is 17.1 Å². The van der Waals surface area contributed by atoms with E-state index in [2.05, 4.69) is 4.98 Å². The molecule has 0 amide bonds. The fraction of sp³-hybridized carbons (Fsp3) is 0. The summed E-state index contributed by atoms with van der Waals surface area (Å²) in [5.74, 6) is -0.188. The van der Waals surface area contributed by atoms with Crippen LogP contribution in [0.4, 0.5) is 4.39 Å². The second kappa shape index (κ2) is 2.93. The number of hydrogen-bond acceptors (Lipinski definition) is 0. The molecule has 1 heterocycles. The van der Waals surface area contributed by atoms with Gasteiger partial charge < -0.3 is 4.98 Å². The molecule has 1 nitrogen and oxygen atoms in total. The van der Waals surface area contributed by atoms with Crippen molar-refractivity contribution in [3.05, 3.63) is 36.3 Å². The SMILES string of the molecule is Cl.Fc1ccc2[nH]ccc2c1. The quantitative estimate of drug-likeness (QED) is 0.628. The van der Waals surface area contributed by atoms with Crippen LogP contribution in [0.25, 0.3) is 10.9 Å². The van der Waals surface area contributed by atoms with E-state index in [0.717, 1.165) is 10.9 Å². The zero-order chi connectivity index (χ0) is 6.97. The van der Waals surface area contributed by atoms with E-state index in [1.54, 1.807) is 12.3 Å². The van der Waals surface area contributed by atoms with Crippen LogP contribution in [0.1, 0.15) is 0 Å². The molecule has 0 aliphatic rings. The van der Waals surface area contributed by atoms with Gasteiger partial charge in [-0.25, -0.2) is 4.39 Å². The summed E-state index contributed by atoms with van der Waals surface area (Å²) in [5.41, 5.74) is 0.974.